The summed E-state index contributed by atoms with van der Waals surface area (Å²) in [7, 11) is 0. The number of aryl methyl sites for hydroxylation is 1. The second kappa shape index (κ2) is 9.06. The normalized spacial score (nSPS) is 22.2. The van der Waals surface area contributed by atoms with Gasteiger partial charge in [0.1, 0.15) is 5.69 Å². The highest BCUT2D eigenvalue weighted by molar-refractivity contribution is 5.99. The van der Waals surface area contributed by atoms with Crippen molar-refractivity contribution in [3.8, 4) is 0 Å². The number of carbonyl (C=O) groups is 3. The smallest absolute Gasteiger partial charge is 0.355 e. The van der Waals surface area contributed by atoms with E-state index in [1.807, 2.05) is 0 Å². The Labute approximate surface area is 160 Å². The molecule has 1 aliphatic rings. The Balaban J connectivity index is 1.95. The summed E-state index contributed by atoms with van der Waals surface area (Å²) in [5, 5.41) is 2.98. The molecule has 1 heterocycles. The fourth-order valence-corrected chi connectivity index (χ4v) is 3.70. The quantitative estimate of drug-likeness (QED) is 0.742. The van der Waals surface area contributed by atoms with Gasteiger partial charge in [-0.2, -0.15) is 0 Å². The molecule has 7 nitrogen and oxygen atoms in total. The molecular weight excluding hydrogens is 348 g/mol. The van der Waals surface area contributed by atoms with Crippen LogP contribution >= 0.6 is 0 Å². The summed E-state index contributed by atoms with van der Waals surface area (Å²) < 4.78 is 10.2. The topological polar surface area (TPSA) is 97.5 Å². The Hall–Kier alpha value is -2.31. The van der Waals surface area contributed by atoms with Crippen molar-refractivity contribution in [3.63, 3.8) is 0 Å². The lowest BCUT2D eigenvalue weighted by molar-refractivity contribution is -0.125. The minimum Gasteiger partial charge on any atom is -0.461 e. The molecule has 0 radical (unpaired) electrons. The number of rotatable bonds is 6. The van der Waals surface area contributed by atoms with Crippen LogP contribution in [0.15, 0.2) is 0 Å². The Morgan fingerprint density at radius 3 is 2.48 bits per heavy atom. The molecule has 1 aliphatic carbocycles. The number of hydrogen-bond acceptors (Lipinski definition) is 5. The van der Waals surface area contributed by atoms with E-state index >= 15 is 0 Å². The summed E-state index contributed by atoms with van der Waals surface area (Å²) in [5.74, 6) is -0.476. The average Bonchev–Trinajstić information content (AvgIpc) is 2.92. The van der Waals surface area contributed by atoms with E-state index in [2.05, 4.69) is 24.1 Å². The second-order valence-corrected chi connectivity index (χ2v) is 7.36. The third-order valence-corrected chi connectivity index (χ3v) is 5.51. The van der Waals surface area contributed by atoms with E-state index in [9.17, 15) is 14.4 Å². The molecular formula is C20H30N2O5. The monoisotopic (exact) mass is 378 g/mol. The van der Waals surface area contributed by atoms with Gasteiger partial charge in [-0.15, -0.1) is 0 Å². The Kier molecular flexibility index (Phi) is 7.05. The Morgan fingerprint density at radius 1 is 1.11 bits per heavy atom. The van der Waals surface area contributed by atoms with Gasteiger partial charge in [-0.1, -0.05) is 26.7 Å². The molecule has 1 saturated carbocycles. The van der Waals surface area contributed by atoms with Gasteiger partial charge in [0.2, 0.25) is 0 Å². The highest BCUT2D eigenvalue weighted by Crippen LogP contribution is 2.29. The molecule has 1 aromatic heterocycles. The molecule has 2 N–H and O–H groups in total. The summed E-state index contributed by atoms with van der Waals surface area (Å²) in [6, 6.07) is 0.117. The van der Waals surface area contributed by atoms with Crippen LogP contribution in [0.25, 0.3) is 0 Å². The number of aromatic nitrogens is 1. The van der Waals surface area contributed by atoms with Gasteiger partial charge in [0.25, 0.3) is 5.91 Å². The predicted molar refractivity (Wildman–Crippen MR) is 101 cm³/mol. The lowest BCUT2D eigenvalue weighted by Gasteiger charge is -2.34. The molecule has 0 aromatic carbocycles. The van der Waals surface area contributed by atoms with Crippen molar-refractivity contribution in [3.05, 3.63) is 22.5 Å². The summed E-state index contributed by atoms with van der Waals surface area (Å²) >= 11 is 0. The number of aromatic amines is 1. The fraction of sp³-hybridized carbons (Fsp3) is 0.650. The molecule has 1 fully saturated rings. The van der Waals surface area contributed by atoms with Crippen molar-refractivity contribution in [2.75, 3.05) is 13.2 Å². The standard InChI is InChI=1S/C20H30N2O5/c1-6-26-20(25)18-13(4)17(14(5)21-18)19(24)27-10-16(23)22-15-9-7-8-11(2)12(15)3/h11-12,15,21H,6-10H2,1-5H3,(H,22,23). The van der Waals surface area contributed by atoms with Crippen LogP contribution in [0.1, 0.15) is 72.1 Å². The van der Waals surface area contributed by atoms with E-state index in [0.29, 0.717) is 23.1 Å². The zero-order valence-electron chi connectivity index (χ0n) is 16.8. The number of esters is 2. The first-order valence-corrected chi connectivity index (χ1v) is 9.59. The molecule has 0 spiro atoms. The van der Waals surface area contributed by atoms with Crippen molar-refractivity contribution in [1.82, 2.24) is 10.3 Å². The zero-order chi connectivity index (χ0) is 20.1. The van der Waals surface area contributed by atoms with Crippen molar-refractivity contribution in [2.24, 2.45) is 11.8 Å². The van der Waals surface area contributed by atoms with Gasteiger partial charge in [-0.05, 0) is 44.6 Å². The van der Waals surface area contributed by atoms with Crippen LogP contribution in [-0.4, -0.2) is 42.1 Å². The molecule has 2 rings (SSSR count). The molecule has 1 amide bonds. The van der Waals surface area contributed by atoms with Crippen LogP contribution in [0.5, 0.6) is 0 Å². The molecule has 7 heteroatoms. The minimum atomic E-state index is -0.628. The van der Waals surface area contributed by atoms with Gasteiger partial charge in [0, 0.05) is 11.7 Å². The summed E-state index contributed by atoms with van der Waals surface area (Å²) in [5.41, 5.74) is 1.48. The number of amides is 1. The molecule has 0 bridgehead atoms. The molecule has 0 saturated heterocycles. The van der Waals surface area contributed by atoms with Gasteiger partial charge in [0.15, 0.2) is 6.61 Å². The number of H-pyrrole nitrogens is 1. The number of nitrogens with one attached hydrogen (secondary N) is 2. The van der Waals surface area contributed by atoms with Gasteiger partial charge in [-0.25, -0.2) is 9.59 Å². The van der Waals surface area contributed by atoms with Gasteiger partial charge in [0.05, 0.1) is 12.2 Å². The number of carbonyl (C=O) groups excluding carboxylic acids is 3. The lowest BCUT2D eigenvalue weighted by Crippen LogP contribution is -2.45. The van der Waals surface area contributed by atoms with Gasteiger partial charge >= 0.3 is 11.9 Å². The summed E-state index contributed by atoms with van der Waals surface area (Å²) in [6.45, 7) is 9.29. The molecule has 150 valence electrons. The molecule has 3 atom stereocenters. The zero-order valence-corrected chi connectivity index (χ0v) is 16.8. The molecule has 27 heavy (non-hydrogen) atoms. The first-order chi connectivity index (χ1) is 12.8. The van der Waals surface area contributed by atoms with E-state index in [1.54, 1.807) is 20.8 Å². The first kappa shape index (κ1) is 21.0. The van der Waals surface area contributed by atoms with Crippen molar-refractivity contribution < 1.29 is 23.9 Å². The molecule has 1 aromatic rings. The minimum absolute atomic E-state index is 0.117. The summed E-state index contributed by atoms with van der Waals surface area (Å²) in [6.07, 6.45) is 3.22. The molecule has 0 aliphatic heterocycles. The van der Waals surface area contributed by atoms with E-state index in [0.717, 1.165) is 12.8 Å². The highest BCUT2D eigenvalue weighted by atomic mass is 16.5. The van der Waals surface area contributed by atoms with Crippen LogP contribution in [0, 0.1) is 25.7 Å². The van der Waals surface area contributed by atoms with E-state index < -0.39 is 11.9 Å². The second-order valence-electron chi connectivity index (χ2n) is 7.36. The third kappa shape index (κ3) is 4.90. The number of hydrogen-bond donors (Lipinski definition) is 2. The van der Waals surface area contributed by atoms with Gasteiger partial charge in [-0.3, -0.25) is 4.79 Å². The number of ether oxygens (including phenoxy) is 2. The lowest BCUT2D eigenvalue weighted by atomic mass is 9.78. The maximum atomic E-state index is 12.4. The SMILES string of the molecule is CCOC(=O)c1[nH]c(C)c(C(=O)OCC(=O)NC2CCCC(C)C2C)c1C. The van der Waals surface area contributed by atoms with Crippen LogP contribution in [0.2, 0.25) is 0 Å². The van der Waals surface area contributed by atoms with Crippen molar-refractivity contribution in [1.29, 1.82) is 0 Å². The maximum Gasteiger partial charge on any atom is 0.355 e. The fourth-order valence-electron chi connectivity index (χ4n) is 3.70. The predicted octanol–water partition coefficient (Wildman–Crippen LogP) is 2.91. The largest absolute Gasteiger partial charge is 0.461 e. The van der Waals surface area contributed by atoms with Crippen LogP contribution in [0.3, 0.4) is 0 Å². The summed E-state index contributed by atoms with van der Waals surface area (Å²) in [4.78, 5) is 39.4. The van der Waals surface area contributed by atoms with Crippen LogP contribution < -0.4 is 5.32 Å². The molecule has 3 unspecified atom stereocenters. The van der Waals surface area contributed by atoms with Crippen molar-refractivity contribution >= 4 is 17.8 Å². The van der Waals surface area contributed by atoms with Crippen LogP contribution in [0.4, 0.5) is 0 Å². The van der Waals surface area contributed by atoms with Gasteiger partial charge < -0.3 is 19.8 Å². The third-order valence-electron chi connectivity index (χ3n) is 5.51. The van der Waals surface area contributed by atoms with Crippen LogP contribution in [-0.2, 0) is 14.3 Å². The van der Waals surface area contributed by atoms with E-state index in [1.165, 1.54) is 6.42 Å². The van der Waals surface area contributed by atoms with E-state index in [4.69, 9.17) is 9.47 Å². The Bertz CT molecular complexity index is 709. The Morgan fingerprint density at radius 2 is 1.81 bits per heavy atom. The van der Waals surface area contributed by atoms with E-state index in [-0.39, 0.29) is 36.4 Å². The highest BCUT2D eigenvalue weighted by Gasteiger charge is 2.29. The first-order valence-electron chi connectivity index (χ1n) is 9.59. The maximum absolute atomic E-state index is 12.4. The van der Waals surface area contributed by atoms with Crippen molar-refractivity contribution in [2.45, 2.75) is 59.9 Å². The average molecular weight is 378 g/mol.